The lowest BCUT2D eigenvalue weighted by Gasteiger charge is -2.41. The first-order valence-corrected chi connectivity index (χ1v) is 9.39. The standard InChI is InChI=1S/C13H16BrNOS2/c14-8-13(3-1-4-13)15-12(16)11-6-9-7-17-5-2-10(9)18-11/h6H,1-5,7-8H2,(H,15,16). The molecule has 1 aromatic heterocycles. The summed E-state index contributed by atoms with van der Waals surface area (Å²) in [6.07, 6.45) is 4.56. The van der Waals surface area contributed by atoms with Crippen LogP contribution in [0.1, 0.15) is 39.4 Å². The topological polar surface area (TPSA) is 29.1 Å². The highest BCUT2D eigenvalue weighted by atomic mass is 79.9. The van der Waals surface area contributed by atoms with Gasteiger partial charge in [0.15, 0.2) is 0 Å². The zero-order chi connectivity index (χ0) is 12.6. The van der Waals surface area contributed by atoms with E-state index in [0.29, 0.717) is 0 Å². The molecule has 2 heterocycles. The van der Waals surface area contributed by atoms with Crippen LogP contribution in [0.4, 0.5) is 0 Å². The third kappa shape index (κ3) is 2.37. The number of rotatable bonds is 3. The van der Waals surface area contributed by atoms with E-state index in [9.17, 15) is 4.79 Å². The Balaban J connectivity index is 1.74. The molecule has 5 heteroatoms. The summed E-state index contributed by atoms with van der Waals surface area (Å²) in [6.45, 7) is 0. The number of carbonyl (C=O) groups excluding carboxylic acids is 1. The van der Waals surface area contributed by atoms with Crippen molar-refractivity contribution < 1.29 is 4.79 Å². The van der Waals surface area contributed by atoms with Crippen LogP contribution in [0.5, 0.6) is 0 Å². The van der Waals surface area contributed by atoms with E-state index in [1.807, 2.05) is 11.8 Å². The van der Waals surface area contributed by atoms with Gasteiger partial charge in [-0.2, -0.15) is 11.8 Å². The summed E-state index contributed by atoms with van der Waals surface area (Å²) in [7, 11) is 0. The summed E-state index contributed by atoms with van der Waals surface area (Å²) in [5.74, 6) is 2.39. The molecule has 0 atom stereocenters. The van der Waals surface area contributed by atoms with E-state index in [-0.39, 0.29) is 11.4 Å². The minimum absolute atomic E-state index is 0.0241. The molecule has 0 saturated heterocycles. The molecular formula is C13H16BrNOS2. The van der Waals surface area contributed by atoms with Gasteiger partial charge in [-0.3, -0.25) is 4.79 Å². The molecule has 0 unspecified atom stereocenters. The minimum atomic E-state index is 0.0241. The van der Waals surface area contributed by atoms with Gasteiger partial charge in [-0.15, -0.1) is 11.3 Å². The highest BCUT2D eigenvalue weighted by Crippen LogP contribution is 2.35. The Labute approximate surface area is 124 Å². The van der Waals surface area contributed by atoms with Crippen molar-refractivity contribution in [2.45, 2.75) is 37.0 Å². The van der Waals surface area contributed by atoms with E-state index in [4.69, 9.17) is 0 Å². The van der Waals surface area contributed by atoms with Crippen LogP contribution in [0.15, 0.2) is 6.07 Å². The number of fused-ring (bicyclic) bond motifs is 1. The van der Waals surface area contributed by atoms with Crippen molar-refractivity contribution in [1.29, 1.82) is 0 Å². The third-order valence-corrected chi connectivity index (χ3v) is 7.11. The van der Waals surface area contributed by atoms with Crippen molar-refractivity contribution in [3.05, 3.63) is 21.4 Å². The van der Waals surface area contributed by atoms with Crippen LogP contribution in [-0.2, 0) is 12.2 Å². The van der Waals surface area contributed by atoms with E-state index in [1.54, 1.807) is 11.3 Å². The lowest BCUT2D eigenvalue weighted by atomic mass is 9.78. The van der Waals surface area contributed by atoms with Crippen LogP contribution in [0.25, 0.3) is 0 Å². The number of amides is 1. The largest absolute Gasteiger partial charge is 0.345 e. The maximum absolute atomic E-state index is 12.3. The van der Waals surface area contributed by atoms with E-state index >= 15 is 0 Å². The molecule has 1 N–H and O–H groups in total. The molecule has 2 nitrogen and oxygen atoms in total. The van der Waals surface area contributed by atoms with E-state index in [2.05, 4.69) is 27.3 Å². The highest BCUT2D eigenvalue weighted by Gasteiger charge is 2.37. The Morgan fingerprint density at radius 1 is 1.50 bits per heavy atom. The van der Waals surface area contributed by atoms with Gasteiger partial charge in [0, 0.05) is 16.0 Å². The lowest BCUT2D eigenvalue weighted by Crippen LogP contribution is -2.54. The Morgan fingerprint density at radius 3 is 2.94 bits per heavy atom. The second-order valence-corrected chi connectivity index (χ2v) is 7.89. The second-order valence-electron chi connectivity index (χ2n) is 5.08. The Bertz CT molecular complexity index is 439. The molecule has 0 aromatic carbocycles. The van der Waals surface area contributed by atoms with Gasteiger partial charge in [-0.1, -0.05) is 15.9 Å². The van der Waals surface area contributed by atoms with Gasteiger partial charge in [0.2, 0.25) is 0 Å². The molecule has 0 radical (unpaired) electrons. The SMILES string of the molecule is O=C(NC1(CBr)CCC1)c1cc2c(s1)CCSC2. The lowest BCUT2D eigenvalue weighted by molar-refractivity contribution is 0.0860. The van der Waals surface area contributed by atoms with Crippen LogP contribution in [0, 0.1) is 0 Å². The summed E-state index contributed by atoms with van der Waals surface area (Å²) in [6, 6.07) is 2.10. The Hall–Kier alpha value is -0.000000000000000111. The maximum atomic E-state index is 12.3. The van der Waals surface area contributed by atoms with Crippen molar-refractivity contribution >= 4 is 44.9 Å². The molecule has 1 aromatic rings. The number of alkyl halides is 1. The van der Waals surface area contributed by atoms with Gasteiger partial charge in [0.25, 0.3) is 5.91 Å². The number of thiophene rings is 1. The quantitative estimate of drug-likeness (QED) is 0.848. The molecule has 0 bridgehead atoms. The number of aryl methyl sites for hydroxylation is 1. The maximum Gasteiger partial charge on any atom is 0.261 e. The van der Waals surface area contributed by atoms with Crippen LogP contribution < -0.4 is 5.32 Å². The molecule has 0 spiro atoms. The summed E-state index contributed by atoms with van der Waals surface area (Å²) in [5.41, 5.74) is 1.40. The monoisotopic (exact) mass is 345 g/mol. The smallest absolute Gasteiger partial charge is 0.261 e. The predicted molar refractivity (Wildman–Crippen MR) is 82.0 cm³/mol. The van der Waals surface area contributed by atoms with Crippen LogP contribution in [0.2, 0.25) is 0 Å². The number of thioether (sulfide) groups is 1. The van der Waals surface area contributed by atoms with Crippen molar-refractivity contribution in [2.24, 2.45) is 0 Å². The zero-order valence-corrected chi connectivity index (χ0v) is 13.3. The number of nitrogens with one attached hydrogen (secondary N) is 1. The van der Waals surface area contributed by atoms with Gasteiger partial charge < -0.3 is 5.32 Å². The predicted octanol–water partition coefficient (Wildman–Crippen LogP) is 3.58. The minimum Gasteiger partial charge on any atom is -0.345 e. The van der Waals surface area contributed by atoms with Gasteiger partial charge in [-0.05, 0) is 43.1 Å². The van der Waals surface area contributed by atoms with Gasteiger partial charge in [0.05, 0.1) is 10.4 Å². The Kier molecular flexibility index (Phi) is 3.74. The summed E-state index contributed by atoms with van der Waals surface area (Å²) in [4.78, 5) is 14.6. The third-order valence-electron chi connectivity index (χ3n) is 3.80. The fraction of sp³-hybridized carbons (Fsp3) is 0.615. The van der Waals surface area contributed by atoms with Gasteiger partial charge in [0.1, 0.15) is 0 Å². The number of hydrogen-bond acceptors (Lipinski definition) is 3. The number of halogens is 1. The van der Waals surface area contributed by atoms with E-state index < -0.39 is 0 Å². The summed E-state index contributed by atoms with van der Waals surface area (Å²) >= 11 is 7.18. The molecular weight excluding hydrogens is 330 g/mol. The number of hydrogen-bond donors (Lipinski definition) is 1. The fourth-order valence-electron chi connectivity index (χ4n) is 2.46. The molecule has 1 aliphatic heterocycles. The fourth-order valence-corrected chi connectivity index (χ4v) is 5.43. The first-order valence-electron chi connectivity index (χ1n) is 6.30. The molecule has 98 valence electrons. The normalized spacial score (nSPS) is 20.9. The summed E-state index contributed by atoms with van der Waals surface area (Å²) in [5, 5.41) is 4.09. The van der Waals surface area contributed by atoms with Gasteiger partial charge >= 0.3 is 0 Å². The zero-order valence-electron chi connectivity index (χ0n) is 10.1. The molecule has 2 aliphatic rings. The first kappa shape index (κ1) is 13.0. The highest BCUT2D eigenvalue weighted by molar-refractivity contribution is 9.09. The van der Waals surface area contributed by atoms with Crippen LogP contribution in [0.3, 0.4) is 0 Å². The van der Waals surface area contributed by atoms with E-state index in [0.717, 1.165) is 35.2 Å². The van der Waals surface area contributed by atoms with Crippen molar-refractivity contribution in [3.63, 3.8) is 0 Å². The number of carbonyl (C=O) groups is 1. The Morgan fingerprint density at radius 2 is 2.33 bits per heavy atom. The first-order chi connectivity index (χ1) is 8.72. The van der Waals surface area contributed by atoms with Crippen molar-refractivity contribution in [2.75, 3.05) is 11.1 Å². The van der Waals surface area contributed by atoms with Crippen molar-refractivity contribution in [1.82, 2.24) is 5.32 Å². The molecule has 1 saturated carbocycles. The van der Waals surface area contributed by atoms with E-state index in [1.165, 1.54) is 22.6 Å². The summed E-state index contributed by atoms with van der Waals surface area (Å²) < 4.78 is 0. The molecule has 1 fully saturated rings. The van der Waals surface area contributed by atoms with Crippen LogP contribution >= 0.6 is 39.0 Å². The van der Waals surface area contributed by atoms with Crippen LogP contribution in [-0.4, -0.2) is 22.5 Å². The van der Waals surface area contributed by atoms with Gasteiger partial charge in [-0.25, -0.2) is 0 Å². The average molecular weight is 346 g/mol. The molecule has 1 amide bonds. The van der Waals surface area contributed by atoms with Crippen molar-refractivity contribution in [3.8, 4) is 0 Å². The molecule has 18 heavy (non-hydrogen) atoms. The molecule has 1 aliphatic carbocycles. The average Bonchev–Trinajstić information content (AvgIpc) is 2.77. The second kappa shape index (κ2) is 5.17. The molecule has 3 rings (SSSR count).